The van der Waals surface area contributed by atoms with Gasteiger partial charge in [-0.05, 0) is 50.4 Å². The second-order valence-corrected chi connectivity index (χ2v) is 9.79. The zero-order chi connectivity index (χ0) is 22.3. The highest BCUT2D eigenvalue weighted by molar-refractivity contribution is 5.86. The predicted octanol–water partition coefficient (Wildman–Crippen LogP) is 8.73. The van der Waals surface area contributed by atoms with Gasteiger partial charge in [0.1, 0.15) is 11.4 Å². The van der Waals surface area contributed by atoms with Crippen LogP contribution < -0.4 is 0 Å². The van der Waals surface area contributed by atoms with Crippen molar-refractivity contribution >= 4 is 5.84 Å². The molecule has 4 unspecified atom stereocenters. The van der Waals surface area contributed by atoms with Gasteiger partial charge in [0, 0.05) is 6.92 Å². The third kappa shape index (κ3) is 4.39. The van der Waals surface area contributed by atoms with Crippen molar-refractivity contribution in [1.29, 1.82) is 0 Å². The summed E-state index contributed by atoms with van der Waals surface area (Å²) in [5.41, 5.74) is 3.36. The molecule has 0 aromatic heterocycles. The largest absolute Gasteiger partial charge is 0.251 e. The average molecular weight is 406 g/mol. The number of hydrogen-bond donors (Lipinski definition) is 0. The summed E-state index contributed by atoms with van der Waals surface area (Å²) in [6, 6.07) is 0. The number of nitrogens with zero attached hydrogens (tertiary/aromatic N) is 2. The Morgan fingerprint density at radius 1 is 0.897 bits per heavy atom. The van der Waals surface area contributed by atoms with Gasteiger partial charge in [-0.25, -0.2) is 0 Å². The summed E-state index contributed by atoms with van der Waals surface area (Å²) in [6.07, 6.45) is 12.6. The number of unbranched alkanes of at least 4 members (excludes halogenated alkanes) is 2. The summed E-state index contributed by atoms with van der Waals surface area (Å²) in [5, 5.41) is 0. The van der Waals surface area contributed by atoms with Crippen molar-refractivity contribution in [1.82, 2.24) is 0 Å². The Kier molecular flexibility index (Phi) is 10.1. The molecule has 2 heteroatoms. The van der Waals surface area contributed by atoms with Crippen LogP contribution in [0.1, 0.15) is 127 Å². The van der Waals surface area contributed by atoms with Gasteiger partial charge in [-0.2, -0.15) is 4.99 Å². The Morgan fingerprint density at radius 2 is 1.48 bits per heavy atom. The molecule has 1 aliphatic rings. The van der Waals surface area contributed by atoms with Crippen LogP contribution in [0.25, 0.3) is 0 Å². The van der Waals surface area contributed by atoms with Gasteiger partial charge in [-0.3, -0.25) is 4.48 Å². The molecule has 2 nitrogen and oxygen atoms in total. The van der Waals surface area contributed by atoms with Crippen LogP contribution in [-0.4, -0.2) is 23.9 Å². The lowest BCUT2D eigenvalue weighted by atomic mass is 9.50. The van der Waals surface area contributed by atoms with E-state index in [1.165, 1.54) is 75.0 Å². The molecule has 0 amide bonds. The van der Waals surface area contributed by atoms with E-state index in [-0.39, 0.29) is 5.41 Å². The van der Waals surface area contributed by atoms with Gasteiger partial charge in [0.05, 0.1) is 19.0 Å². The molecule has 0 aliphatic carbocycles. The van der Waals surface area contributed by atoms with E-state index in [2.05, 4.69) is 69.4 Å². The fourth-order valence-corrected chi connectivity index (χ4v) is 6.52. The standard InChI is InChI=1S/C27H53N2/c1-11-18-20-26(15-5,22(8)13-3)27(16-6,21-19-12-2)25-28-24(14-4)23(9)29(25,10)17-7/h22H,11-21H2,1-10H3/q+1. The van der Waals surface area contributed by atoms with E-state index in [1.54, 1.807) is 0 Å². The zero-order valence-corrected chi connectivity index (χ0v) is 21.7. The monoisotopic (exact) mass is 405 g/mol. The molecule has 0 saturated carbocycles. The third-order valence-electron chi connectivity index (χ3n) is 8.94. The number of aliphatic imine (C=N–C) groups is 1. The first-order valence-corrected chi connectivity index (χ1v) is 12.9. The highest BCUT2D eigenvalue weighted by atomic mass is 15.4. The number of quaternary nitrogens is 1. The summed E-state index contributed by atoms with van der Waals surface area (Å²) < 4.78 is 0.949. The molecule has 0 aromatic carbocycles. The summed E-state index contributed by atoms with van der Waals surface area (Å²) in [5.74, 6) is 2.22. The zero-order valence-electron chi connectivity index (χ0n) is 21.7. The Bertz CT molecular complexity index is 575. The number of rotatable bonds is 14. The van der Waals surface area contributed by atoms with Gasteiger partial charge in [-0.15, -0.1) is 0 Å². The quantitative estimate of drug-likeness (QED) is 0.256. The second-order valence-electron chi connectivity index (χ2n) is 9.79. The fraction of sp³-hybridized carbons (Fsp3) is 0.889. The molecule has 0 N–H and O–H groups in total. The molecule has 1 aliphatic heterocycles. The van der Waals surface area contributed by atoms with E-state index in [0.717, 1.165) is 23.4 Å². The minimum atomic E-state index is 0.186. The van der Waals surface area contributed by atoms with E-state index in [9.17, 15) is 0 Å². The lowest BCUT2D eigenvalue weighted by molar-refractivity contribution is -0.781. The summed E-state index contributed by atoms with van der Waals surface area (Å²) in [6.45, 7) is 22.7. The molecule has 0 spiro atoms. The lowest BCUT2D eigenvalue weighted by Crippen LogP contribution is -2.60. The average Bonchev–Trinajstić information content (AvgIpc) is 3.01. The van der Waals surface area contributed by atoms with Crippen LogP contribution in [0.3, 0.4) is 0 Å². The van der Waals surface area contributed by atoms with E-state index in [0.29, 0.717) is 5.41 Å². The molecule has 0 radical (unpaired) electrons. The van der Waals surface area contributed by atoms with Crippen molar-refractivity contribution in [2.45, 2.75) is 127 Å². The molecular formula is C27H53N2+. The maximum absolute atomic E-state index is 5.51. The van der Waals surface area contributed by atoms with Crippen LogP contribution in [0.5, 0.6) is 0 Å². The molecule has 1 heterocycles. The van der Waals surface area contributed by atoms with Crippen molar-refractivity contribution in [3.63, 3.8) is 0 Å². The van der Waals surface area contributed by atoms with Crippen molar-refractivity contribution < 1.29 is 4.48 Å². The van der Waals surface area contributed by atoms with Crippen molar-refractivity contribution in [3.8, 4) is 0 Å². The van der Waals surface area contributed by atoms with Crippen molar-refractivity contribution in [3.05, 3.63) is 11.4 Å². The van der Waals surface area contributed by atoms with E-state index in [1.807, 2.05) is 0 Å². The van der Waals surface area contributed by atoms with Gasteiger partial charge < -0.3 is 0 Å². The Balaban J connectivity index is 3.83. The van der Waals surface area contributed by atoms with Gasteiger partial charge in [0.2, 0.25) is 5.84 Å². The minimum absolute atomic E-state index is 0.186. The van der Waals surface area contributed by atoms with Gasteiger partial charge in [0.25, 0.3) is 0 Å². The van der Waals surface area contributed by atoms with E-state index in [4.69, 9.17) is 4.99 Å². The van der Waals surface area contributed by atoms with Gasteiger partial charge in [0.15, 0.2) is 0 Å². The molecule has 1 rings (SSSR count). The first-order chi connectivity index (χ1) is 13.7. The van der Waals surface area contributed by atoms with Gasteiger partial charge in [-0.1, -0.05) is 80.6 Å². The van der Waals surface area contributed by atoms with Crippen LogP contribution in [0, 0.1) is 16.7 Å². The molecule has 29 heavy (non-hydrogen) atoms. The van der Waals surface area contributed by atoms with Crippen LogP contribution in [0.2, 0.25) is 0 Å². The Labute approximate surface area is 183 Å². The number of amidine groups is 1. The number of allylic oxidation sites excluding steroid dienone is 2. The minimum Gasteiger partial charge on any atom is -0.251 e. The van der Waals surface area contributed by atoms with Crippen LogP contribution in [0.4, 0.5) is 0 Å². The molecule has 0 bridgehead atoms. The Morgan fingerprint density at radius 3 is 1.90 bits per heavy atom. The predicted molar refractivity (Wildman–Crippen MR) is 131 cm³/mol. The highest BCUT2D eigenvalue weighted by Crippen LogP contribution is 2.60. The summed E-state index contributed by atoms with van der Waals surface area (Å²) in [7, 11) is 2.45. The maximum Gasteiger partial charge on any atom is 0.214 e. The van der Waals surface area contributed by atoms with E-state index < -0.39 is 0 Å². The molecule has 0 saturated heterocycles. The second kappa shape index (κ2) is 11.1. The van der Waals surface area contributed by atoms with Crippen LogP contribution in [0.15, 0.2) is 16.4 Å². The molecular weight excluding hydrogens is 352 g/mol. The van der Waals surface area contributed by atoms with Gasteiger partial charge >= 0.3 is 0 Å². The first-order valence-electron chi connectivity index (χ1n) is 12.9. The molecule has 0 aromatic rings. The first kappa shape index (κ1) is 26.4. The smallest absolute Gasteiger partial charge is 0.214 e. The maximum atomic E-state index is 5.51. The highest BCUT2D eigenvalue weighted by Gasteiger charge is 2.60. The third-order valence-corrected chi connectivity index (χ3v) is 8.94. The number of hydrogen-bond acceptors (Lipinski definition) is 1. The lowest BCUT2D eigenvalue weighted by Gasteiger charge is -2.55. The normalized spacial score (nSPS) is 25.0. The van der Waals surface area contributed by atoms with Crippen LogP contribution >= 0.6 is 0 Å². The molecule has 0 fully saturated rings. The molecule has 4 atom stereocenters. The summed E-state index contributed by atoms with van der Waals surface area (Å²) in [4.78, 5) is 5.51. The SMILES string of the molecule is CCCCC(CC)(C1=NC(CC)=C(C)[N+]1(C)CC)C(CC)(CCCC)C(C)CC. The molecule has 170 valence electrons. The van der Waals surface area contributed by atoms with Crippen molar-refractivity contribution in [2.75, 3.05) is 13.6 Å². The summed E-state index contributed by atoms with van der Waals surface area (Å²) >= 11 is 0. The van der Waals surface area contributed by atoms with E-state index >= 15 is 0 Å². The fourth-order valence-electron chi connectivity index (χ4n) is 6.52. The Hall–Kier alpha value is -0.630. The topological polar surface area (TPSA) is 12.4 Å². The van der Waals surface area contributed by atoms with Crippen LogP contribution in [-0.2, 0) is 0 Å². The van der Waals surface area contributed by atoms with Crippen molar-refractivity contribution in [2.24, 2.45) is 21.7 Å².